The Morgan fingerprint density at radius 3 is 3.00 bits per heavy atom. The Labute approximate surface area is 135 Å². The average molecular weight is 337 g/mol. The van der Waals surface area contributed by atoms with Gasteiger partial charge in [-0.1, -0.05) is 0 Å². The number of carbonyl (C=O) groups excluding carboxylic acids is 2. The van der Waals surface area contributed by atoms with Crippen LogP contribution in [0.5, 0.6) is 0 Å². The van der Waals surface area contributed by atoms with Crippen molar-refractivity contribution in [3.63, 3.8) is 0 Å². The summed E-state index contributed by atoms with van der Waals surface area (Å²) in [5, 5.41) is 19.4. The lowest BCUT2D eigenvalue weighted by molar-refractivity contribution is 0.168. The molecular weight excluding hydrogens is 322 g/mol. The Morgan fingerprint density at radius 1 is 1.45 bits per heavy atom. The lowest BCUT2D eigenvalue weighted by Crippen LogP contribution is -2.43. The van der Waals surface area contributed by atoms with Crippen LogP contribution in [-0.2, 0) is 0 Å². The summed E-state index contributed by atoms with van der Waals surface area (Å²) in [6.07, 6.45) is -0.785. The van der Waals surface area contributed by atoms with Gasteiger partial charge in [0, 0.05) is 28.4 Å². The molecular formula is C14H15N3O3S2. The highest BCUT2D eigenvalue weighted by atomic mass is 32.1. The smallest absolute Gasteiger partial charge is 0.325 e. The van der Waals surface area contributed by atoms with E-state index in [4.69, 9.17) is 0 Å². The van der Waals surface area contributed by atoms with Crippen molar-refractivity contribution in [3.8, 4) is 10.4 Å². The Morgan fingerprint density at radius 2 is 2.32 bits per heavy atom. The predicted molar refractivity (Wildman–Crippen MR) is 86.1 cm³/mol. The summed E-state index contributed by atoms with van der Waals surface area (Å²) in [5.41, 5.74) is 1.13. The molecule has 0 spiro atoms. The highest BCUT2D eigenvalue weighted by molar-refractivity contribution is 7.16. The molecule has 1 saturated heterocycles. The predicted octanol–water partition coefficient (Wildman–Crippen LogP) is 2.24. The zero-order chi connectivity index (χ0) is 15.5. The molecule has 4 amide bonds. The fraction of sp³-hybridized carbons (Fsp3) is 0.286. The minimum absolute atomic E-state index is 0.0756. The summed E-state index contributed by atoms with van der Waals surface area (Å²) >= 11 is 3.12. The second-order valence-corrected chi connectivity index (χ2v) is 6.69. The van der Waals surface area contributed by atoms with Gasteiger partial charge in [0.1, 0.15) is 6.10 Å². The number of hydrogen-bond acceptors (Lipinski definition) is 5. The van der Waals surface area contributed by atoms with Crippen molar-refractivity contribution in [2.45, 2.75) is 6.10 Å². The minimum Gasteiger partial charge on any atom is -0.386 e. The number of nitrogens with one attached hydrogen (secondary N) is 2. The van der Waals surface area contributed by atoms with Crippen LogP contribution in [0.25, 0.3) is 10.4 Å². The van der Waals surface area contributed by atoms with Gasteiger partial charge >= 0.3 is 12.1 Å². The van der Waals surface area contributed by atoms with Crippen LogP contribution in [-0.4, -0.2) is 41.7 Å². The standard InChI is InChI=1S/C14H15N3O3S2/c18-10(7-16-14(20)17-5-4-15-13(17)19)12-2-1-11(22-12)9-3-6-21-8-9/h1-3,6,8,10,18H,4-5,7H2,(H,15,19)(H,16,20). The van der Waals surface area contributed by atoms with Crippen LogP contribution in [0, 0.1) is 0 Å². The number of hydrogen-bond donors (Lipinski definition) is 3. The van der Waals surface area contributed by atoms with Gasteiger partial charge in [-0.2, -0.15) is 11.3 Å². The summed E-state index contributed by atoms with van der Waals surface area (Å²) < 4.78 is 0. The fourth-order valence-corrected chi connectivity index (χ4v) is 3.86. The topological polar surface area (TPSA) is 81.7 Å². The van der Waals surface area contributed by atoms with E-state index in [2.05, 4.69) is 16.0 Å². The van der Waals surface area contributed by atoms with Crippen LogP contribution in [0.2, 0.25) is 0 Å². The van der Waals surface area contributed by atoms with Crippen LogP contribution in [0.3, 0.4) is 0 Å². The molecule has 0 radical (unpaired) electrons. The molecule has 0 saturated carbocycles. The first-order valence-electron chi connectivity index (χ1n) is 6.78. The van der Waals surface area contributed by atoms with Gasteiger partial charge in [-0.15, -0.1) is 11.3 Å². The van der Waals surface area contributed by atoms with E-state index in [1.165, 1.54) is 11.3 Å². The molecule has 3 rings (SSSR count). The third-order valence-corrected chi connectivity index (χ3v) is 5.23. The molecule has 0 aliphatic carbocycles. The average Bonchev–Trinajstić information content (AvgIpc) is 3.23. The number of aliphatic hydroxyl groups excluding tert-OH is 1. The summed E-state index contributed by atoms with van der Waals surface area (Å²) in [5.74, 6) is 0. The van der Waals surface area contributed by atoms with Crippen molar-refractivity contribution in [2.75, 3.05) is 19.6 Å². The summed E-state index contributed by atoms with van der Waals surface area (Å²) in [7, 11) is 0. The van der Waals surface area contributed by atoms with Crippen molar-refractivity contribution in [1.29, 1.82) is 0 Å². The van der Waals surface area contributed by atoms with Gasteiger partial charge in [-0.25, -0.2) is 14.5 Å². The Bertz CT molecular complexity index is 669. The Balaban J connectivity index is 1.57. The molecule has 2 aromatic rings. The van der Waals surface area contributed by atoms with Crippen molar-refractivity contribution >= 4 is 34.7 Å². The molecule has 0 bridgehead atoms. The van der Waals surface area contributed by atoms with Crippen LogP contribution < -0.4 is 10.6 Å². The number of thiophene rings is 2. The highest BCUT2D eigenvalue weighted by Gasteiger charge is 2.26. The quantitative estimate of drug-likeness (QED) is 0.800. The number of amides is 4. The van der Waals surface area contributed by atoms with Crippen LogP contribution in [0.1, 0.15) is 11.0 Å². The molecule has 3 heterocycles. The monoisotopic (exact) mass is 337 g/mol. The maximum Gasteiger partial charge on any atom is 0.325 e. The van der Waals surface area contributed by atoms with Crippen molar-refractivity contribution in [1.82, 2.24) is 15.5 Å². The van der Waals surface area contributed by atoms with Crippen molar-refractivity contribution in [3.05, 3.63) is 33.8 Å². The first-order valence-corrected chi connectivity index (χ1v) is 8.54. The second-order valence-electron chi connectivity index (χ2n) is 4.80. The van der Waals surface area contributed by atoms with Gasteiger partial charge < -0.3 is 15.7 Å². The molecule has 0 aromatic carbocycles. The van der Waals surface area contributed by atoms with Gasteiger partial charge in [-0.3, -0.25) is 0 Å². The minimum atomic E-state index is -0.785. The van der Waals surface area contributed by atoms with E-state index in [9.17, 15) is 14.7 Å². The lowest BCUT2D eigenvalue weighted by atomic mass is 10.2. The molecule has 1 fully saturated rings. The molecule has 1 atom stereocenters. The zero-order valence-corrected chi connectivity index (χ0v) is 13.2. The van der Waals surface area contributed by atoms with E-state index in [0.717, 1.165) is 20.2 Å². The van der Waals surface area contributed by atoms with Crippen LogP contribution >= 0.6 is 22.7 Å². The summed E-state index contributed by atoms with van der Waals surface area (Å²) in [4.78, 5) is 26.2. The van der Waals surface area contributed by atoms with E-state index >= 15 is 0 Å². The maximum absolute atomic E-state index is 11.8. The largest absolute Gasteiger partial charge is 0.386 e. The van der Waals surface area contributed by atoms with Crippen LogP contribution in [0.4, 0.5) is 9.59 Å². The number of rotatable bonds is 4. The number of urea groups is 2. The van der Waals surface area contributed by atoms with Gasteiger partial charge in [0.25, 0.3) is 0 Å². The molecule has 116 valence electrons. The second kappa shape index (κ2) is 6.47. The van der Waals surface area contributed by atoms with Gasteiger partial charge in [0.15, 0.2) is 0 Å². The molecule has 3 N–H and O–H groups in total. The first kappa shape index (κ1) is 15.0. The molecule has 1 unspecified atom stereocenters. The third-order valence-electron chi connectivity index (χ3n) is 3.31. The molecule has 2 aromatic heterocycles. The third kappa shape index (κ3) is 3.13. The SMILES string of the molecule is O=C1NCCN1C(=O)NCC(O)c1ccc(-c2ccsc2)s1. The van der Waals surface area contributed by atoms with E-state index in [1.54, 1.807) is 11.3 Å². The molecule has 8 heteroatoms. The maximum atomic E-state index is 11.8. The molecule has 22 heavy (non-hydrogen) atoms. The molecule has 1 aliphatic heterocycles. The van der Waals surface area contributed by atoms with E-state index < -0.39 is 18.2 Å². The van der Waals surface area contributed by atoms with E-state index in [0.29, 0.717) is 13.1 Å². The first-order chi connectivity index (χ1) is 10.6. The molecule has 6 nitrogen and oxygen atoms in total. The van der Waals surface area contributed by atoms with E-state index in [-0.39, 0.29) is 6.54 Å². The fourth-order valence-electron chi connectivity index (χ4n) is 2.14. The van der Waals surface area contributed by atoms with Gasteiger partial charge in [0.05, 0.1) is 6.54 Å². The number of imide groups is 1. The van der Waals surface area contributed by atoms with Crippen LogP contribution in [0.15, 0.2) is 29.0 Å². The summed E-state index contributed by atoms with van der Waals surface area (Å²) in [6.45, 7) is 0.887. The lowest BCUT2D eigenvalue weighted by Gasteiger charge is -2.15. The highest BCUT2D eigenvalue weighted by Crippen LogP contribution is 2.32. The zero-order valence-electron chi connectivity index (χ0n) is 11.6. The number of aliphatic hydroxyl groups is 1. The van der Waals surface area contributed by atoms with E-state index in [1.807, 2.05) is 23.6 Å². The van der Waals surface area contributed by atoms with Crippen molar-refractivity contribution < 1.29 is 14.7 Å². The van der Waals surface area contributed by atoms with Gasteiger partial charge in [0.2, 0.25) is 0 Å². The molecule has 1 aliphatic rings. The number of nitrogens with zero attached hydrogens (tertiary/aromatic N) is 1. The Hall–Kier alpha value is -1.90. The number of carbonyl (C=O) groups is 2. The summed E-state index contributed by atoms with van der Waals surface area (Å²) in [6, 6.07) is 4.96. The normalized spacial score (nSPS) is 15.7. The van der Waals surface area contributed by atoms with Crippen molar-refractivity contribution in [2.24, 2.45) is 0 Å². The van der Waals surface area contributed by atoms with Gasteiger partial charge in [-0.05, 0) is 29.0 Å². The Kier molecular flexibility index (Phi) is 4.41.